The van der Waals surface area contributed by atoms with Crippen LogP contribution >= 0.6 is 0 Å². The van der Waals surface area contributed by atoms with Gasteiger partial charge >= 0.3 is 0 Å². The van der Waals surface area contributed by atoms with E-state index in [-0.39, 0.29) is 18.2 Å². The number of carbonyl (C=O) groups excluding carboxylic acids is 1. The van der Waals surface area contributed by atoms with Crippen molar-refractivity contribution < 1.29 is 13.2 Å². The number of carbonyl (C=O) groups is 1. The van der Waals surface area contributed by atoms with E-state index in [0.717, 1.165) is 19.3 Å². The first-order valence-electron chi connectivity index (χ1n) is 5.95. The van der Waals surface area contributed by atoms with Crippen molar-refractivity contribution >= 4 is 15.7 Å². The van der Waals surface area contributed by atoms with Gasteiger partial charge in [-0.2, -0.15) is 0 Å². The zero-order valence-electron chi connectivity index (χ0n) is 10.0. The van der Waals surface area contributed by atoms with Gasteiger partial charge in [-0.15, -0.1) is 0 Å². The first-order valence-corrected chi connectivity index (χ1v) is 7.60. The molecule has 1 spiro atoms. The minimum Gasteiger partial charge on any atom is -0.331 e. The van der Waals surface area contributed by atoms with Gasteiger partial charge in [-0.3, -0.25) is 4.79 Å². The number of nitrogens with zero attached hydrogens (tertiary/aromatic N) is 1. The van der Waals surface area contributed by atoms with Gasteiger partial charge < -0.3 is 4.90 Å². The SMILES string of the molecule is CC#CC(=O)N1CCC2(CCC2)S(=O)(=O)CC1. The van der Waals surface area contributed by atoms with Crippen LogP contribution in [0.15, 0.2) is 0 Å². The van der Waals surface area contributed by atoms with Gasteiger partial charge in [-0.05, 0) is 32.1 Å². The predicted molar refractivity (Wildman–Crippen MR) is 65.0 cm³/mol. The molecule has 4 nitrogen and oxygen atoms in total. The topological polar surface area (TPSA) is 54.5 Å². The minimum absolute atomic E-state index is 0.0874. The van der Waals surface area contributed by atoms with Gasteiger partial charge in [0.1, 0.15) is 0 Å². The van der Waals surface area contributed by atoms with Crippen LogP contribution in [0.2, 0.25) is 0 Å². The van der Waals surface area contributed by atoms with Crippen LogP contribution in [-0.4, -0.2) is 42.8 Å². The third kappa shape index (κ3) is 2.06. The van der Waals surface area contributed by atoms with E-state index in [1.54, 1.807) is 11.8 Å². The Morgan fingerprint density at radius 3 is 2.47 bits per heavy atom. The lowest BCUT2D eigenvalue weighted by Crippen LogP contribution is -2.46. The zero-order chi connectivity index (χ0) is 12.5. The van der Waals surface area contributed by atoms with Crippen LogP contribution in [0.1, 0.15) is 32.6 Å². The summed E-state index contributed by atoms with van der Waals surface area (Å²) in [6.07, 6.45) is 3.09. The van der Waals surface area contributed by atoms with E-state index in [1.807, 2.05) is 0 Å². The molecule has 2 fully saturated rings. The maximum absolute atomic E-state index is 12.2. The Balaban J connectivity index is 2.16. The predicted octanol–water partition coefficient (Wildman–Crippen LogP) is 0.580. The fraction of sp³-hybridized carbons (Fsp3) is 0.750. The Morgan fingerprint density at radius 2 is 1.94 bits per heavy atom. The van der Waals surface area contributed by atoms with Gasteiger partial charge in [0.05, 0.1) is 10.5 Å². The van der Waals surface area contributed by atoms with Crippen LogP contribution in [0.4, 0.5) is 0 Å². The molecule has 1 heterocycles. The van der Waals surface area contributed by atoms with Gasteiger partial charge in [0, 0.05) is 13.1 Å². The molecule has 0 aromatic carbocycles. The molecule has 1 aliphatic carbocycles. The molecule has 5 heteroatoms. The van der Waals surface area contributed by atoms with Gasteiger partial charge in [0.2, 0.25) is 0 Å². The van der Waals surface area contributed by atoms with Crippen molar-refractivity contribution in [3.8, 4) is 11.8 Å². The Hall–Kier alpha value is -1.02. The highest BCUT2D eigenvalue weighted by atomic mass is 32.2. The second-order valence-corrected chi connectivity index (χ2v) is 7.28. The molecule has 0 radical (unpaired) electrons. The molecule has 0 bridgehead atoms. The lowest BCUT2D eigenvalue weighted by molar-refractivity contribution is -0.124. The quantitative estimate of drug-likeness (QED) is 0.595. The Labute approximate surface area is 102 Å². The van der Waals surface area contributed by atoms with Crippen LogP contribution in [0.3, 0.4) is 0 Å². The normalized spacial score (nSPS) is 25.4. The lowest BCUT2D eigenvalue weighted by atomic mass is 9.81. The second-order valence-electron chi connectivity index (χ2n) is 4.77. The molecule has 1 saturated carbocycles. The molecular weight excluding hydrogens is 238 g/mol. The molecule has 1 aliphatic heterocycles. The number of rotatable bonds is 0. The largest absolute Gasteiger partial charge is 0.331 e. The highest BCUT2D eigenvalue weighted by Crippen LogP contribution is 2.43. The first-order chi connectivity index (χ1) is 8.01. The van der Waals surface area contributed by atoms with Crippen molar-refractivity contribution in [3.05, 3.63) is 0 Å². The molecule has 94 valence electrons. The minimum atomic E-state index is -3.05. The summed E-state index contributed by atoms with van der Waals surface area (Å²) < 4.78 is 23.8. The third-order valence-electron chi connectivity index (χ3n) is 3.91. The first kappa shape index (κ1) is 12.4. The maximum atomic E-state index is 12.2. The van der Waals surface area contributed by atoms with E-state index >= 15 is 0 Å². The van der Waals surface area contributed by atoms with Crippen LogP contribution in [0, 0.1) is 11.8 Å². The van der Waals surface area contributed by atoms with E-state index in [1.165, 1.54) is 0 Å². The summed E-state index contributed by atoms with van der Waals surface area (Å²) in [5.74, 6) is 4.88. The Morgan fingerprint density at radius 1 is 1.24 bits per heavy atom. The fourth-order valence-electron chi connectivity index (χ4n) is 2.57. The number of hydrogen-bond acceptors (Lipinski definition) is 3. The van der Waals surface area contributed by atoms with E-state index in [0.29, 0.717) is 13.0 Å². The van der Waals surface area contributed by atoms with E-state index in [9.17, 15) is 13.2 Å². The summed E-state index contributed by atoms with van der Waals surface area (Å²) in [4.78, 5) is 13.2. The summed E-state index contributed by atoms with van der Waals surface area (Å²) >= 11 is 0. The van der Waals surface area contributed by atoms with Gasteiger partial charge in [-0.1, -0.05) is 12.3 Å². The van der Waals surface area contributed by atoms with E-state index < -0.39 is 14.6 Å². The van der Waals surface area contributed by atoms with Crippen LogP contribution < -0.4 is 0 Å². The van der Waals surface area contributed by atoms with Crippen molar-refractivity contribution in [3.63, 3.8) is 0 Å². The number of amides is 1. The molecular formula is C12H17NO3S. The molecule has 1 saturated heterocycles. The van der Waals surface area contributed by atoms with Crippen LogP contribution in [-0.2, 0) is 14.6 Å². The molecule has 0 N–H and O–H groups in total. The molecule has 0 atom stereocenters. The summed E-state index contributed by atoms with van der Waals surface area (Å²) in [5, 5.41) is 0. The maximum Gasteiger partial charge on any atom is 0.298 e. The van der Waals surface area contributed by atoms with Crippen LogP contribution in [0.25, 0.3) is 0 Å². The molecule has 1 amide bonds. The summed E-state index contributed by atoms with van der Waals surface area (Å²) in [6, 6.07) is 0. The molecule has 0 aromatic rings. The average molecular weight is 255 g/mol. The van der Waals surface area contributed by atoms with Crippen LogP contribution in [0.5, 0.6) is 0 Å². The summed E-state index contributed by atoms with van der Waals surface area (Å²) in [7, 11) is -3.05. The molecule has 0 unspecified atom stereocenters. The highest BCUT2D eigenvalue weighted by Gasteiger charge is 2.49. The Kier molecular flexibility index (Phi) is 3.17. The molecule has 17 heavy (non-hydrogen) atoms. The van der Waals surface area contributed by atoms with Crippen molar-refractivity contribution in [1.82, 2.24) is 4.90 Å². The zero-order valence-corrected chi connectivity index (χ0v) is 10.8. The summed E-state index contributed by atoms with van der Waals surface area (Å²) in [5.41, 5.74) is 0. The summed E-state index contributed by atoms with van der Waals surface area (Å²) in [6.45, 7) is 2.42. The van der Waals surface area contributed by atoms with Crippen molar-refractivity contribution in [2.45, 2.75) is 37.4 Å². The Bertz CT molecular complexity index is 480. The monoisotopic (exact) mass is 255 g/mol. The molecule has 2 aliphatic rings. The number of sulfone groups is 1. The smallest absolute Gasteiger partial charge is 0.298 e. The number of hydrogen-bond donors (Lipinski definition) is 0. The van der Waals surface area contributed by atoms with E-state index in [2.05, 4.69) is 11.8 Å². The lowest BCUT2D eigenvalue weighted by Gasteiger charge is -2.39. The molecule has 0 aromatic heterocycles. The standard InChI is InChI=1S/C12H17NO3S/c1-2-4-11(14)13-8-7-12(5-3-6-12)17(15,16)10-9-13/h3,5-10H2,1H3. The van der Waals surface area contributed by atoms with Gasteiger partial charge in [0.25, 0.3) is 5.91 Å². The van der Waals surface area contributed by atoms with Crippen molar-refractivity contribution in [1.29, 1.82) is 0 Å². The van der Waals surface area contributed by atoms with Gasteiger partial charge in [0.15, 0.2) is 9.84 Å². The fourth-order valence-corrected chi connectivity index (χ4v) is 4.78. The third-order valence-corrected chi connectivity index (χ3v) is 6.56. The van der Waals surface area contributed by atoms with Crippen molar-refractivity contribution in [2.75, 3.05) is 18.8 Å². The molecule has 2 rings (SSSR count). The van der Waals surface area contributed by atoms with Crippen molar-refractivity contribution in [2.24, 2.45) is 0 Å². The highest BCUT2D eigenvalue weighted by molar-refractivity contribution is 7.92. The van der Waals surface area contributed by atoms with Gasteiger partial charge in [-0.25, -0.2) is 8.42 Å². The second kappa shape index (κ2) is 4.34. The van der Waals surface area contributed by atoms with E-state index in [4.69, 9.17) is 0 Å². The average Bonchev–Trinajstić information content (AvgIpc) is 2.33.